The van der Waals surface area contributed by atoms with Crippen LogP contribution < -0.4 is 10.1 Å². The minimum atomic E-state index is -1.46. The Morgan fingerprint density at radius 3 is 2.21 bits per heavy atom. The normalized spacial score (nSPS) is 18.3. The van der Waals surface area contributed by atoms with E-state index in [4.69, 9.17) is 9.47 Å². The van der Waals surface area contributed by atoms with Gasteiger partial charge in [-0.05, 0) is 61.6 Å². The summed E-state index contributed by atoms with van der Waals surface area (Å²) in [6.07, 6.45) is 1.21. The molecular weight excluding hydrogens is 556 g/mol. The molecule has 11 heteroatoms. The predicted octanol–water partition coefficient (Wildman–Crippen LogP) is 3.89. The number of phenols is 2. The van der Waals surface area contributed by atoms with E-state index in [9.17, 15) is 34.5 Å². The van der Waals surface area contributed by atoms with Crippen molar-refractivity contribution in [1.29, 1.82) is 0 Å². The minimum Gasteiger partial charge on any atom is -0.508 e. The lowest BCUT2D eigenvalue weighted by molar-refractivity contribution is -0.142. The van der Waals surface area contributed by atoms with Gasteiger partial charge in [0.2, 0.25) is 5.91 Å². The van der Waals surface area contributed by atoms with Crippen molar-refractivity contribution >= 4 is 23.8 Å². The van der Waals surface area contributed by atoms with Crippen LogP contribution in [0.5, 0.6) is 23.0 Å². The molecule has 0 bridgehead atoms. The lowest BCUT2D eigenvalue weighted by Crippen LogP contribution is -2.51. The molecule has 3 aliphatic heterocycles. The fraction of sp³-hybridized carbons (Fsp3) is 0.312. The molecule has 3 aromatic rings. The number of ether oxygens (including phenoxy) is 2. The summed E-state index contributed by atoms with van der Waals surface area (Å²) in [5.74, 6) is -2.42. The Kier molecular flexibility index (Phi) is 6.75. The topological polar surface area (TPSA) is 163 Å². The molecule has 1 saturated heterocycles. The van der Waals surface area contributed by atoms with E-state index in [2.05, 4.69) is 5.32 Å². The number of aromatic hydroxyl groups is 2. The van der Waals surface area contributed by atoms with Crippen LogP contribution in [0.3, 0.4) is 0 Å². The molecule has 6 rings (SSSR count). The number of carboxylic acids is 1. The number of likely N-dealkylation sites (tertiary alicyclic amines) is 1. The highest BCUT2D eigenvalue weighted by Crippen LogP contribution is 2.57. The molecule has 0 aliphatic carbocycles. The van der Waals surface area contributed by atoms with Crippen molar-refractivity contribution in [2.75, 3.05) is 6.54 Å². The number of nitrogens with one attached hydrogen (secondary N) is 1. The van der Waals surface area contributed by atoms with Gasteiger partial charge in [0.05, 0.1) is 5.56 Å². The summed E-state index contributed by atoms with van der Waals surface area (Å²) < 4.78 is 12.0. The Morgan fingerprint density at radius 2 is 1.60 bits per heavy atom. The highest BCUT2D eigenvalue weighted by Gasteiger charge is 2.54. The van der Waals surface area contributed by atoms with Crippen molar-refractivity contribution in [2.45, 2.75) is 50.8 Å². The van der Waals surface area contributed by atoms with Gasteiger partial charge in [-0.1, -0.05) is 19.9 Å². The van der Waals surface area contributed by atoms with Crippen molar-refractivity contribution in [3.8, 4) is 23.0 Å². The molecule has 2 atom stereocenters. The van der Waals surface area contributed by atoms with Gasteiger partial charge in [-0.15, -0.1) is 0 Å². The molecule has 0 aromatic heterocycles. The number of hydrogen-bond acceptors (Lipinski definition) is 8. The second kappa shape index (κ2) is 10.3. The summed E-state index contributed by atoms with van der Waals surface area (Å²) >= 11 is 0. The van der Waals surface area contributed by atoms with E-state index in [1.54, 1.807) is 24.3 Å². The molecule has 11 nitrogen and oxygen atoms in total. The third-order valence-electron chi connectivity index (χ3n) is 8.16. The zero-order valence-electron chi connectivity index (χ0n) is 23.5. The number of benzene rings is 3. The molecule has 0 unspecified atom stereocenters. The zero-order chi connectivity index (χ0) is 30.6. The van der Waals surface area contributed by atoms with Gasteiger partial charge in [0.25, 0.3) is 5.91 Å². The van der Waals surface area contributed by atoms with Gasteiger partial charge in [0, 0.05) is 40.9 Å². The van der Waals surface area contributed by atoms with E-state index in [1.165, 1.54) is 35.2 Å². The summed E-state index contributed by atoms with van der Waals surface area (Å²) in [6.45, 7) is 4.03. The number of rotatable bonds is 6. The number of phenolic OH excluding ortho intramolecular Hbond substituents is 2. The highest BCUT2D eigenvalue weighted by atomic mass is 16.6. The van der Waals surface area contributed by atoms with Crippen molar-refractivity contribution < 1.29 is 44.0 Å². The fourth-order valence-electron chi connectivity index (χ4n) is 6.25. The van der Waals surface area contributed by atoms with E-state index in [0.29, 0.717) is 36.1 Å². The summed E-state index contributed by atoms with van der Waals surface area (Å²) in [4.78, 5) is 53.4. The average molecular weight is 587 g/mol. The smallest absolute Gasteiger partial charge is 0.340 e. The lowest BCUT2D eigenvalue weighted by Gasteiger charge is -2.36. The summed E-state index contributed by atoms with van der Waals surface area (Å²) in [5, 5.41) is 32.4. The Hall–Kier alpha value is -5.06. The van der Waals surface area contributed by atoms with Gasteiger partial charge in [0.1, 0.15) is 35.1 Å². The molecule has 222 valence electrons. The number of esters is 1. The van der Waals surface area contributed by atoms with Gasteiger partial charge in [-0.25, -0.2) is 9.59 Å². The number of amides is 2. The van der Waals surface area contributed by atoms with Gasteiger partial charge in [-0.3, -0.25) is 9.59 Å². The van der Waals surface area contributed by atoms with Crippen LogP contribution in [-0.2, 0) is 19.9 Å². The maximum absolute atomic E-state index is 13.7. The van der Waals surface area contributed by atoms with Crippen LogP contribution in [0, 0.1) is 5.92 Å². The summed E-state index contributed by atoms with van der Waals surface area (Å²) in [6, 6.07) is 11.6. The molecule has 3 aliphatic rings. The van der Waals surface area contributed by atoms with Crippen molar-refractivity contribution in [3.05, 3.63) is 82.4 Å². The maximum atomic E-state index is 13.7. The third-order valence-corrected chi connectivity index (χ3v) is 8.16. The van der Waals surface area contributed by atoms with Crippen molar-refractivity contribution in [1.82, 2.24) is 10.2 Å². The van der Waals surface area contributed by atoms with Crippen molar-refractivity contribution in [3.63, 3.8) is 0 Å². The minimum absolute atomic E-state index is 0.0446. The maximum Gasteiger partial charge on any atom is 0.340 e. The molecule has 43 heavy (non-hydrogen) atoms. The first-order valence-corrected chi connectivity index (χ1v) is 14.1. The predicted molar refractivity (Wildman–Crippen MR) is 151 cm³/mol. The van der Waals surface area contributed by atoms with E-state index in [0.717, 1.165) is 0 Å². The van der Waals surface area contributed by atoms with Crippen LogP contribution in [0.2, 0.25) is 0 Å². The lowest BCUT2D eigenvalue weighted by atomic mass is 9.77. The summed E-state index contributed by atoms with van der Waals surface area (Å²) in [7, 11) is 0. The average Bonchev–Trinajstić information content (AvgIpc) is 3.55. The molecule has 2 amide bonds. The van der Waals surface area contributed by atoms with Crippen LogP contribution >= 0.6 is 0 Å². The largest absolute Gasteiger partial charge is 0.508 e. The third kappa shape index (κ3) is 4.61. The van der Waals surface area contributed by atoms with Crippen LogP contribution in [-0.4, -0.2) is 62.6 Å². The first-order valence-electron chi connectivity index (χ1n) is 14.1. The second-order valence-corrected chi connectivity index (χ2v) is 11.5. The number of nitrogens with zero attached hydrogens (tertiary/aromatic N) is 1. The number of carboxylic acid groups (broad SMARTS) is 1. The monoisotopic (exact) mass is 586 g/mol. The number of carbonyl (C=O) groups excluding carboxylic acids is 3. The Morgan fingerprint density at radius 1 is 0.977 bits per heavy atom. The van der Waals surface area contributed by atoms with E-state index in [1.807, 2.05) is 13.8 Å². The van der Waals surface area contributed by atoms with Crippen LogP contribution in [0.1, 0.15) is 70.5 Å². The SMILES string of the molecule is CC(C)C[C@H](NC(=O)[C@@H]1CCCN1C(=O)c1ccc2c(c1)C(=O)OC21c2ccc(O)cc2Oc2cc(O)ccc21)C(=O)O. The van der Waals surface area contributed by atoms with E-state index < -0.39 is 41.4 Å². The van der Waals surface area contributed by atoms with E-state index >= 15 is 0 Å². The number of hydrogen-bond donors (Lipinski definition) is 4. The highest BCUT2D eigenvalue weighted by molar-refractivity contribution is 6.03. The van der Waals surface area contributed by atoms with Gasteiger partial charge >= 0.3 is 11.9 Å². The molecule has 0 radical (unpaired) electrons. The van der Waals surface area contributed by atoms with Crippen molar-refractivity contribution in [2.24, 2.45) is 5.92 Å². The first kappa shape index (κ1) is 28.1. The number of carbonyl (C=O) groups is 4. The Labute approximate surface area is 246 Å². The van der Waals surface area contributed by atoms with E-state index in [-0.39, 0.29) is 46.5 Å². The molecule has 3 aromatic carbocycles. The standard InChI is InChI=1S/C32H30N2O9/c1-16(2)12-24(30(39)40)33-28(37)25-4-3-11-34(25)29(38)17-5-8-21-20(13-17)31(41)43-32(21)22-9-6-18(35)14-26(22)42-27-15-19(36)7-10-23(27)32/h5-10,13-16,24-25,35-36H,3-4,11-12H2,1-2H3,(H,33,37)(H,39,40)/t24-,25-/m0/s1. The second-order valence-electron chi connectivity index (χ2n) is 11.5. The molecule has 3 heterocycles. The van der Waals surface area contributed by atoms with Gasteiger partial charge < -0.3 is 35.0 Å². The first-order chi connectivity index (χ1) is 20.5. The van der Waals surface area contributed by atoms with Crippen LogP contribution in [0.15, 0.2) is 54.6 Å². The Bertz CT molecular complexity index is 1630. The Balaban J connectivity index is 1.35. The van der Waals surface area contributed by atoms with Gasteiger partial charge in [-0.2, -0.15) is 0 Å². The summed E-state index contributed by atoms with van der Waals surface area (Å²) in [5.41, 5.74) is 0.226. The van der Waals surface area contributed by atoms with Crippen LogP contribution in [0.25, 0.3) is 0 Å². The number of aliphatic carboxylic acids is 1. The number of fused-ring (bicyclic) bond motifs is 6. The zero-order valence-corrected chi connectivity index (χ0v) is 23.5. The molecule has 4 N–H and O–H groups in total. The van der Waals surface area contributed by atoms with Crippen LogP contribution in [0.4, 0.5) is 0 Å². The molecule has 1 spiro atoms. The quantitative estimate of drug-likeness (QED) is 0.314. The fourth-order valence-corrected chi connectivity index (χ4v) is 6.25. The molecule has 0 saturated carbocycles. The van der Waals surface area contributed by atoms with Gasteiger partial charge in [0.15, 0.2) is 5.60 Å². The molecular formula is C32H30N2O9. The molecule has 1 fully saturated rings.